The van der Waals surface area contributed by atoms with Gasteiger partial charge in [0.1, 0.15) is 0 Å². The van der Waals surface area contributed by atoms with Crippen molar-refractivity contribution < 1.29 is 0 Å². The molecule has 3 heterocycles. The van der Waals surface area contributed by atoms with Crippen LogP contribution in [0.15, 0.2) is 102 Å². The number of aliphatic imine (C=N–C) groups is 1. The third-order valence-corrected chi connectivity index (χ3v) is 4.28. The van der Waals surface area contributed by atoms with Gasteiger partial charge in [-0.1, -0.05) is 43.0 Å². The molecule has 2 aromatic heterocycles. The van der Waals surface area contributed by atoms with Crippen molar-refractivity contribution in [1.29, 1.82) is 0 Å². The van der Waals surface area contributed by atoms with Gasteiger partial charge in [-0.25, -0.2) is 0 Å². The number of pyridine rings is 2. The van der Waals surface area contributed by atoms with Gasteiger partial charge in [0.15, 0.2) is 0 Å². The molecule has 0 saturated carbocycles. The van der Waals surface area contributed by atoms with Gasteiger partial charge >= 0.3 is 0 Å². The quantitative estimate of drug-likeness (QED) is 0.650. The van der Waals surface area contributed by atoms with Crippen molar-refractivity contribution in [2.75, 3.05) is 11.4 Å². The van der Waals surface area contributed by atoms with Crippen LogP contribution in [0.3, 0.4) is 0 Å². The summed E-state index contributed by atoms with van der Waals surface area (Å²) in [6.07, 6.45) is 20.5. The smallest absolute Gasteiger partial charge is 0.0860 e. The monoisotopic (exact) mass is 356 g/mol. The Morgan fingerprint density at radius 1 is 1.19 bits per heavy atom. The molecule has 0 saturated heterocycles. The Morgan fingerprint density at radius 3 is 2.59 bits per heavy atom. The van der Waals surface area contributed by atoms with E-state index in [0.717, 1.165) is 35.5 Å². The zero-order chi connectivity index (χ0) is 18.9. The van der Waals surface area contributed by atoms with Crippen molar-refractivity contribution in [2.24, 2.45) is 4.99 Å². The third kappa shape index (κ3) is 4.47. The lowest BCUT2D eigenvalue weighted by Gasteiger charge is -2.36. The molecule has 1 unspecified atom stereocenters. The van der Waals surface area contributed by atoms with Crippen LogP contribution < -0.4 is 4.90 Å². The van der Waals surface area contributed by atoms with E-state index in [1.54, 1.807) is 12.4 Å². The minimum atomic E-state index is -0.0760. The lowest BCUT2D eigenvalue weighted by Crippen LogP contribution is -2.31. The summed E-state index contributed by atoms with van der Waals surface area (Å²) >= 11 is 0. The molecule has 27 heavy (non-hydrogen) atoms. The second-order valence-corrected chi connectivity index (χ2v) is 6.13. The summed E-state index contributed by atoms with van der Waals surface area (Å²) in [4.78, 5) is 15.5. The molecule has 0 spiro atoms. The maximum atomic E-state index is 4.50. The highest BCUT2D eigenvalue weighted by molar-refractivity contribution is 5.86. The number of hydrogen-bond donors (Lipinski definition) is 0. The standard InChI is InChI=1S/C23H24N4/c1-3-8-19(9-4-2)23(20-10-5-13-24-16-20)27(21-11-6-14-25-17-21)22-12-7-15-26-18-22/h3-6,8-14,16-18,23H,1,7,15H2,2H3/b9-4-,19-8+. The van der Waals surface area contributed by atoms with E-state index in [1.165, 1.54) is 0 Å². The first kappa shape index (κ1) is 18.5. The van der Waals surface area contributed by atoms with Gasteiger partial charge in [0.2, 0.25) is 0 Å². The molecule has 0 aromatic carbocycles. The molecule has 0 aliphatic carbocycles. The van der Waals surface area contributed by atoms with Gasteiger partial charge in [0.25, 0.3) is 0 Å². The number of rotatable bonds is 7. The molecule has 3 rings (SSSR count). The lowest BCUT2D eigenvalue weighted by atomic mass is 9.95. The SMILES string of the molecule is C=C/C=C(\C=C/C)C(c1cccnc1)N(C1=CCCN=C1)c1cccnc1. The highest BCUT2D eigenvalue weighted by Gasteiger charge is 2.26. The van der Waals surface area contributed by atoms with Crippen LogP contribution in [0.2, 0.25) is 0 Å². The molecular formula is C23H24N4. The lowest BCUT2D eigenvalue weighted by molar-refractivity contribution is 0.782. The van der Waals surface area contributed by atoms with Gasteiger partial charge in [0.05, 0.1) is 23.6 Å². The maximum Gasteiger partial charge on any atom is 0.0860 e. The molecule has 1 aliphatic heterocycles. The molecule has 4 heteroatoms. The summed E-state index contributed by atoms with van der Waals surface area (Å²) in [5.74, 6) is 0. The highest BCUT2D eigenvalue weighted by Crippen LogP contribution is 2.36. The first-order valence-electron chi connectivity index (χ1n) is 9.09. The van der Waals surface area contributed by atoms with Crippen molar-refractivity contribution in [3.63, 3.8) is 0 Å². The minimum absolute atomic E-state index is 0.0760. The normalized spacial score (nSPS) is 15.4. The highest BCUT2D eigenvalue weighted by atomic mass is 15.2. The van der Waals surface area contributed by atoms with Crippen LogP contribution >= 0.6 is 0 Å². The largest absolute Gasteiger partial charge is 0.327 e. The Labute approximate surface area is 161 Å². The van der Waals surface area contributed by atoms with E-state index in [4.69, 9.17) is 0 Å². The molecule has 4 nitrogen and oxygen atoms in total. The van der Waals surface area contributed by atoms with Gasteiger partial charge in [0, 0.05) is 31.3 Å². The van der Waals surface area contributed by atoms with E-state index in [-0.39, 0.29) is 6.04 Å². The number of hydrogen-bond acceptors (Lipinski definition) is 4. The van der Waals surface area contributed by atoms with Crippen LogP contribution in [-0.2, 0) is 0 Å². The van der Waals surface area contributed by atoms with Crippen LogP contribution in [-0.4, -0.2) is 22.7 Å². The molecule has 0 bridgehead atoms. The fourth-order valence-corrected chi connectivity index (χ4v) is 3.20. The van der Waals surface area contributed by atoms with E-state index in [0.29, 0.717) is 0 Å². The molecule has 0 radical (unpaired) electrons. The molecule has 0 amide bonds. The van der Waals surface area contributed by atoms with Gasteiger partial charge < -0.3 is 4.90 Å². The average molecular weight is 356 g/mol. The molecule has 0 N–H and O–H groups in total. The molecular weight excluding hydrogens is 332 g/mol. The number of dihydropyridines is 1. The topological polar surface area (TPSA) is 41.4 Å². The van der Waals surface area contributed by atoms with Gasteiger partial charge in [-0.3, -0.25) is 15.0 Å². The number of nitrogens with zero attached hydrogens (tertiary/aromatic N) is 4. The first-order valence-corrected chi connectivity index (χ1v) is 9.09. The summed E-state index contributed by atoms with van der Waals surface area (Å²) in [5, 5.41) is 0. The number of allylic oxidation sites excluding steroid dienone is 4. The zero-order valence-corrected chi connectivity index (χ0v) is 15.6. The van der Waals surface area contributed by atoms with Crippen LogP contribution in [0.5, 0.6) is 0 Å². The van der Waals surface area contributed by atoms with Gasteiger partial charge in [-0.15, -0.1) is 0 Å². The van der Waals surface area contributed by atoms with Gasteiger partial charge in [-0.05, 0) is 42.7 Å². The summed E-state index contributed by atoms with van der Waals surface area (Å²) in [6, 6.07) is 8.01. The summed E-state index contributed by atoms with van der Waals surface area (Å²) < 4.78 is 0. The van der Waals surface area contributed by atoms with Crippen molar-refractivity contribution >= 4 is 11.9 Å². The van der Waals surface area contributed by atoms with Crippen LogP contribution in [0.1, 0.15) is 24.9 Å². The predicted octanol–water partition coefficient (Wildman–Crippen LogP) is 5.07. The van der Waals surface area contributed by atoms with E-state index in [9.17, 15) is 0 Å². The van der Waals surface area contributed by atoms with Crippen molar-refractivity contribution in [3.05, 3.63) is 103 Å². The van der Waals surface area contributed by atoms with E-state index < -0.39 is 0 Å². The summed E-state index contributed by atoms with van der Waals surface area (Å²) in [5.41, 5.74) is 4.27. The molecule has 2 aromatic rings. The van der Waals surface area contributed by atoms with E-state index >= 15 is 0 Å². The fraction of sp³-hybridized carbons (Fsp3) is 0.174. The van der Waals surface area contributed by atoms with Crippen LogP contribution in [0.4, 0.5) is 5.69 Å². The summed E-state index contributed by atoms with van der Waals surface area (Å²) in [7, 11) is 0. The second kappa shape index (κ2) is 9.43. The number of anilines is 1. The third-order valence-electron chi connectivity index (χ3n) is 4.28. The Kier molecular flexibility index (Phi) is 6.47. The van der Waals surface area contributed by atoms with E-state index in [2.05, 4.69) is 50.7 Å². The second-order valence-electron chi connectivity index (χ2n) is 6.13. The average Bonchev–Trinajstić information content (AvgIpc) is 2.74. The Hall–Kier alpha value is -3.27. The van der Waals surface area contributed by atoms with Crippen LogP contribution in [0.25, 0.3) is 0 Å². The molecule has 1 aliphatic rings. The van der Waals surface area contributed by atoms with Crippen molar-refractivity contribution in [1.82, 2.24) is 9.97 Å². The Bertz CT molecular complexity index is 864. The van der Waals surface area contributed by atoms with Gasteiger partial charge in [-0.2, -0.15) is 0 Å². The Balaban J connectivity index is 2.21. The van der Waals surface area contributed by atoms with Crippen molar-refractivity contribution in [3.8, 4) is 0 Å². The van der Waals surface area contributed by atoms with Crippen LogP contribution in [0, 0.1) is 0 Å². The maximum absolute atomic E-state index is 4.50. The zero-order valence-electron chi connectivity index (χ0n) is 15.6. The fourth-order valence-electron chi connectivity index (χ4n) is 3.20. The van der Waals surface area contributed by atoms with Crippen molar-refractivity contribution in [2.45, 2.75) is 19.4 Å². The number of aromatic nitrogens is 2. The Morgan fingerprint density at radius 2 is 2.00 bits per heavy atom. The first-order chi connectivity index (χ1) is 13.3. The minimum Gasteiger partial charge on any atom is -0.327 e. The molecule has 1 atom stereocenters. The molecule has 136 valence electrons. The van der Waals surface area contributed by atoms with E-state index in [1.807, 2.05) is 55.9 Å². The predicted molar refractivity (Wildman–Crippen MR) is 113 cm³/mol. The summed E-state index contributed by atoms with van der Waals surface area (Å²) in [6.45, 7) is 6.75. The molecule has 0 fully saturated rings.